The Morgan fingerprint density at radius 3 is 2.63 bits per heavy atom. The van der Waals surface area contributed by atoms with Crippen LogP contribution in [-0.4, -0.2) is 65.1 Å². The number of carbonyl (C=O) groups is 1. The van der Waals surface area contributed by atoms with E-state index in [2.05, 4.69) is 9.88 Å². The summed E-state index contributed by atoms with van der Waals surface area (Å²) >= 11 is 11.8. The zero-order chi connectivity index (χ0) is 13.8. The number of amides is 1. The van der Waals surface area contributed by atoms with Crippen molar-refractivity contribution in [1.29, 1.82) is 0 Å². The topological polar surface area (TPSA) is 56.7 Å². The van der Waals surface area contributed by atoms with Gasteiger partial charge in [0.1, 0.15) is 5.15 Å². The second-order valence-electron chi connectivity index (χ2n) is 4.34. The molecule has 1 saturated heterocycles. The van der Waals surface area contributed by atoms with Crippen LogP contribution in [0.4, 0.5) is 0 Å². The number of aliphatic hydroxyl groups excluding tert-OH is 1. The van der Waals surface area contributed by atoms with Crippen molar-refractivity contribution >= 4 is 29.1 Å². The van der Waals surface area contributed by atoms with Gasteiger partial charge in [0.25, 0.3) is 5.91 Å². The summed E-state index contributed by atoms with van der Waals surface area (Å²) in [6, 6.07) is 1.49. The van der Waals surface area contributed by atoms with Crippen LogP contribution in [0.5, 0.6) is 0 Å². The molecule has 1 aromatic heterocycles. The van der Waals surface area contributed by atoms with Gasteiger partial charge in [-0.15, -0.1) is 0 Å². The molecular formula is C12H15Cl2N3O2. The Hall–Kier alpha value is -0.880. The molecule has 104 valence electrons. The van der Waals surface area contributed by atoms with E-state index >= 15 is 0 Å². The van der Waals surface area contributed by atoms with Gasteiger partial charge in [-0.2, -0.15) is 0 Å². The molecule has 2 heterocycles. The SMILES string of the molecule is O=C(c1cc(Cl)ncc1Cl)N1CCN(CCO)CC1. The third-order valence-corrected chi connectivity index (χ3v) is 3.64. The molecule has 0 radical (unpaired) electrons. The highest BCUT2D eigenvalue weighted by atomic mass is 35.5. The van der Waals surface area contributed by atoms with Gasteiger partial charge in [0.15, 0.2) is 0 Å². The fourth-order valence-electron chi connectivity index (χ4n) is 2.06. The zero-order valence-electron chi connectivity index (χ0n) is 10.4. The molecule has 1 N–H and O–H groups in total. The molecule has 7 heteroatoms. The zero-order valence-corrected chi connectivity index (χ0v) is 11.9. The van der Waals surface area contributed by atoms with Crippen LogP contribution < -0.4 is 0 Å². The number of nitrogens with zero attached hydrogens (tertiary/aromatic N) is 3. The minimum absolute atomic E-state index is 0.127. The Morgan fingerprint density at radius 2 is 2.00 bits per heavy atom. The fourth-order valence-corrected chi connectivity index (χ4v) is 2.41. The summed E-state index contributed by atoms with van der Waals surface area (Å²) in [5, 5.41) is 9.45. The number of aromatic nitrogens is 1. The summed E-state index contributed by atoms with van der Waals surface area (Å²) < 4.78 is 0. The molecule has 0 bridgehead atoms. The summed E-state index contributed by atoms with van der Waals surface area (Å²) in [6.45, 7) is 3.53. The molecule has 1 amide bonds. The molecule has 1 aromatic rings. The number of pyridine rings is 1. The van der Waals surface area contributed by atoms with Crippen LogP contribution in [0.15, 0.2) is 12.3 Å². The minimum atomic E-state index is -0.127. The van der Waals surface area contributed by atoms with E-state index in [0.29, 0.717) is 30.2 Å². The van der Waals surface area contributed by atoms with E-state index in [9.17, 15) is 4.79 Å². The maximum atomic E-state index is 12.3. The largest absolute Gasteiger partial charge is 0.395 e. The van der Waals surface area contributed by atoms with Gasteiger partial charge >= 0.3 is 0 Å². The van der Waals surface area contributed by atoms with Crippen LogP contribution in [0.1, 0.15) is 10.4 Å². The van der Waals surface area contributed by atoms with E-state index in [1.54, 1.807) is 4.90 Å². The normalized spacial score (nSPS) is 16.7. The van der Waals surface area contributed by atoms with Gasteiger partial charge in [0.05, 0.1) is 17.2 Å². The molecule has 1 aliphatic rings. The summed E-state index contributed by atoms with van der Waals surface area (Å²) in [5.74, 6) is -0.127. The average Bonchev–Trinajstić information content (AvgIpc) is 2.42. The van der Waals surface area contributed by atoms with Crippen LogP contribution in [-0.2, 0) is 0 Å². The fraction of sp³-hybridized carbons (Fsp3) is 0.500. The van der Waals surface area contributed by atoms with Crippen LogP contribution in [0.25, 0.3) is 0 Å². The third kappa shape index (κ3) is 3.57. The lowest BCUT2D eigenvalue weighted by atomic mass is 10.2. The first-order valence-corrected chi connectivity index (χ1v) is 6.81. The van der Waals surface area contributed by atoms with Gasteiger partial charge in [-0.1, -0.05) is 23.2 Å². The second kappa shape index (κ2) is 6.52. The van der Waals surface area contributed by atoms with Crippen molar-refractivity contribution in [3.63, 3.8) is 0 Å². The molecule has 0 aromatic carbocycles. The number of piperazine rings is 1. The van der Waals surface area contributed by atoms with Crippen LogP contribution in [0.2, 0.25) is 10.2 Å². The van der Waals surface area contributed by atoms with Gasteiger partial charge in [0.2, 0.25) is 0 Å². The number of aliphatic hydroxyl groups is 1. The Kier molecular flexibility index (Phi) is 4.99. The highest BCUT2D eigenvalue weighted by Gasteiger charge is 2.23. The van der Waals surface area contributed by atoms with E-state index < -0.39 is 0 Å². The van der Waals surface area contributed by atoms with Crippen molar-refractivity contribution in [2.45, 2.75) is 0 Å². The predicted octanol–water partition coefficient (Wildman–Crippen LogP) is 1.14. The summed E-state index contributed by atoms with van der Waals surface area (Å²) in [5.41, 5.74) is 0.386. The molecule has 1 fully saturated rings. The number of carbonyl (C=O) groups excluding carboxylic acids is 1. The summed E-state index contributed by atoms with van der Waals surface area (Å²) in [7, 11) is 0. The predicted molar refractivity (Wildman–Crippen MR) is 73.7 cm³/mol. The lowest BCUT2D eigenvalue weighted by Crippen LogP contribution is -2.49. The Morgan fingerprint density at radius 1 is 1.32 bits per heavy atom. The maximum absolute atomic E-state index is 12.3. The van der Waals surface area contributed by atoms with Crippen molar-refractivity contribution in [1.82, 2.24) is 14.8 Å². The first-order valence-electron chi connectivity index (χ1n) is 6.05. The molecule has 19 heavy (non-hydrogen) atoms. The molecule has 1 aliphatic heterocycles. The van der Waals surface area contributed by atoms with Gasteiger partial charge in [-0.3, -0.25) is 9.69 Å². The smallest absolute Gasteiger partial charge is 0.255 e. The van der Waals surface area contributed by atoms with Gasteiger partial charge in [-0.25, -0.2) is 4.98 Å². The Balaban J connectivity index is 2.03. The minimum Gasteiger partial charge on any atom is -0.395 e. The van der Waals surface area contributed by atoms with Crippen molar-refractivity contribution in [2.24, 2.45) is 0 Å². The van der Waals surface area contributed by atoms with Crippen LogP contribution >= 0.6 is 23.2 Å². The van der Waals surface area contributed by atoms with E-state index in [0.717, 1.165) is 13.1 Å². The van der Waals surface area contributed by atoms with Crippen molar-refractivity contribution < 1.29 is 9.90 Å². The first-order chi connectivity index (χ1) is 9.11. The first kappa shape index (κ1) is 14.5. The lowest BCUT2D eigenvalue weighted by molar-refractivity contribution is 0.0615. The Bertz CT molecular complexity index is 462. The number of rotatable bonds is 3. The summed E-state index contributed by atoms with van der Waals surface area (Å²) in [4.78, 5) is 20.0. The molecule has 0 unspecified atom stereocenters. The number of halogens is 2. The van der Waals surface area contributed by atoms with Gasteiger partial charge in [0, 0.05) is 38.9 Å². The van der Waals surface area contributed by atoms with Gasteiger partial charge < -0.3 is 10.0 Å². The highest BCUT2D eigenvalue weighted by Crippen LogP contribution is 2.20. The van der Waals surface area contributed by atoms with E-state index in [4.69, 9.17) is 28.3 Å². The lowest BCUT2D eigenvalue weighted by Gasteiger charge is -2.34. The van der Waals surface area contributed by atoms with Crippen molar-refractivity contribution in [2.75, 3.05) is 39.3 Å². The maximum Gasteiger partial charge on any atom is 0.255 e. The van der Waals surface area contributed by atoms with E-state index in [1.807, 2.05) is 0 Å². The second-order valence-corrected chi connectivity index (χ2v) is 5.14. The average molecular weight is 304 g/mol. The number of β-amino-alcohol motifs (C(OH)–C–C–N with tert-alkyl or cyclic N) is 1. The molecular weight excluding hydrogens is 289 g/mol. The molecule has 5 nitrogen and oxygen atoms in total. The van der Waals surface area contributed by atoms with Crippen molar-refractivity contribution in [3.8, 4) is 0 Å². The standard InChI is InChI=1S/C12H15Cl2N3O2/c13-10-8-15-11(14)7-9(10)12(19)17-3-1-16(2-4-17)5-6-18/h7-8,18H,1-6H2. The van der Waals surface area contributed by atoms with Crippen molar-refractivity contribution in [3.05, 3.63) is 28.0 Å². The molecule has 0 aliphatic carbocycles. The van der Waals surface area contributed by atoms with Crippen LogP contribution in [0.3, 0.4) is 0 Å². The number of hydrogen-bond acceptors (Lipinski definition) is 4. The molecule has 0 saturated carbocycles. The Labute approximate surface area is 121 Å². The number of hydrogen-bond donors (Lipinski definition) is 1. The molecule has 0 atom stereocenters. The summed E-state index contributed by atoms with van der Waals surface area (Å²) in [6.07, 6.45) is 1.39. The third-order valence-electron chi connectivity index (χ3n) is 3.13. The monoisotopic (exact) mass is 303 g/mol. The quantitative estimate of drug-likeness (QED) is 0.851. The molecule has 0 spiro atoms. The van der Waals surface area contributed by atoms with E-state index in [1.165, 1.54) is 12.3 Å². The highest BCUT2D eigenvalue weighted by molar-refractivity contribution is 6.35. The van der Waals surface area contributed by atoms with Gasteiger partial charge in [-0.05, 0) is 6.07 Å². The van der Waals surface area contributed by atoms with E-state index in [-0.39, 0.29) is 17.7 Å². The van der Waals surface area contributed by atoms with Crippen LogP contribution in [0, 0.1) is 0 Å². The molecule has 2 rings (SSSR count).